The highest BCUT2D eigenvalue weighted by Crippen LogP contribution is 2.14. The second kappa shape index (κ2) is 10.1. The number of nitrogens with one attached hydrogen (secondary N) is 2. The van der Waals surface area contributed by atoms with Gasteiger partial charge in [0.1, 0.15) is 5.82 Å². The van der Waals surface area contributed by atoms with Crippen molar-refractivity contribution in [2.45, 2.75) is 26.9 Å². The average Bonchev–Trinajstić information content (AvgIpc) is 2.71. The Balaban J connectivity index is 1.56. The summed E-state index contributed by atoms with van der Waals surface area (Å²) in [6, 6.07) is 12.8. The van der Waals surface area contributed by atoms with Gasteiger partial charge in [-0.1, -0.05) is 35.9 Å². The first-order valence-corrected chi connectivity index (χ1v) is 10.1. The van der Waals surface area contributed by atoms with E-state index in [4.69, 9.17) is 4.99 Å². The van der Waals surface area contributed by atoms with Gasteiger partial charge >= 0.3 is 0 Å². The fourth-order valence-corrected chi connectivity index (χ4v) is 3.25. The van der Waals surface area contributed by atoms with Crippen molar-refractivity contribution in [1.29, 1.82) is 0 Å². The van der Waals surface area contributed by atoms with Crippen LogP contribution in [-0.2, 0) is 13.1 Å². The van der Waals surface area contributed by atoms with Crippen molar-refractivity contribution in [2.75, 3.05) is 44.7 Å². The van der Waals surface area contributed by atoms with Crippen molar-refractivity contribution in [3.05, 3.63) is 59.3 Å². The number of aryl methyl sites for hydroxylation is 1. The zero-order valence-electron chi connectivity index (χ0n) is 17.3. The van der Waals surface area contributed by atoms with Crippen LogP contribution in [0.2, 0.25) is 0 Å². The molecule has 0 atom stereocenters. The van der Waals surface area contributed by atoms with E-state index in [1.54, 1.807) is 0 Å². The fourth-order valence-electron chi connectivity index (χ4n) is 3.25. The van der Waals surface area contributed by atoms with Crippen LogP contribution in [0.3, 0.4) is 0 Å². The van der Waals surface area contributed by atoms with Gasteiger partial charge in [0.25, 0.3) is 0 Å². The van der Waals surface area contributed by atoms with Crippen LogP contribution >= 0.6 is 0 Å². The molecule has 0 unspecified atom stereocenters. The van der Waals surface area contributed by atoms with Gasteiger partial charge in [0.2, 0.25) is 0 Å². The minimum Gasteiger partial charge on any atom is -0.357 e. The summed E-state index contributed by atoms with van der Waals surface area (Å²) in [5.74, 6) is 1.89. The number of pyridine rings is 1. The standard InChI is InChI=1S/C22H32N6/c1-4-23-22(25-15-19-7-5-6-18(2)14-19)26-17-20-8-9-21(24-16-20)28-12-10-27(3)11-13-28/h5-9,14,16H,4,10-13,15,17H2,1-3H3,(H2,23,25,26). The SMILES string of the molecule is CCNC(=NCc1ccc(N2CCN(C)CC2)nc1)NCc1cccc(C)c1. The predicted octanol–water partition coefficient (Wildman–Crippen LogP) is 2.40. The highest BCUT2D eigenvalue weighted by Gasteiger charge is 2.14. The van der Waals surface area contributed by atoms with Gasteiger partial charge in [-0.25, -0.2) is 9.98 Å². The molecule has 1 saturated heterocycles. The molecule has 2 heterocycles. The van der Waals surface area contributed by atoms with E-state index >= 15 is 0 Å². The lowest BCUT2D eigenvalue weighted by Gasteiger charge is -2.33. The number of nitrogens with zero attached hydrogens (tertiary/aromatic N) is 4. The monoisotopic (exact) mass is 380 g/mol. The van der Waals surface area contributed by atoms with Crippen molar-refractivity contribution in [3.8, 4) is 0 Å². The molecule has 3 rings (SSSR count). The average molecular weight is 381 g/mol. The Morgan fingerprint density at radius 1 is 1.07 bits per heavy atom. The third-order valence-electron chi connectivity index (χ3n) is 4.94. The lowest BCUT2D eigenvalue weighted by molar-refractivity contribution is 0.312. The first kappa shape index (κ1) is 20.1. The molecule has 2 aromatic rings. The molecular weight excluding hydrogens is 348 g/mol. The largest absolute Gasteiger partial charge is 0.357 e. The van der Waals surface area contributed by atoms with Crippen LogP contribution in [0.4, 0.5) is 5.82 Å². The number of guanidine groups is 1. The minimum absolute atomic E-state index is 0.610. The Kier molecular flexibility index (Phi) is 7.25. The molecule has 6 heteroatoms. The second-order valence-corrected chi connectivity index (χ2v) is 7.35. The third kappa shape index (κ3) is 5.96. The molecule has 1 aliphatic heterocycles. The number of aliphatic imine (C=N–C) groups is 1. The van der Waals surface area contributed by atoms with Gasteiger partial charge in [-0.15, -0.1) is 0 Å². The van der Waals surface area contributed by atoms with Crippen LogP contribution in [0.5, 0.6) is 0 Å². The van der Waals surface area contributed by atoms with E-state index in [1.165, 1.54) is 11.1 Å². The number of aromatic nitrogens is 1. The number of rotatable bonds is 6. The summed E-state index contributed by atoms with van der Waals surface area (Å²) in [7, 11) is 2.17. The molecule has 1 aromatic heterocycles. The second-order valence-electron chi connectivity index (χ2n) is 7.35. The van der Waals surface area contributed by atoms with Gasteiger partial charge in [-0.2, -0.15) is 0 Å². The number of anilines is 1. The van der Waals surface area contributed by atoms with Crippen LogP contribution in [0, 0.1) is 6.92 Å². The zero-order chi connectivity index (χ0) is 19.8. The maximum absolute atomic E-state index is 4.71. The van der Waals surface area contributed by atoms with Gasteiger partial charge < -0.3 is 20.4 Å². The summed E-state index contributed by atoms with van der Waals surface area (Å²) in [4.78, 5) is 14.1. The van der Waals surface area contributed by atoms with Gasteiger partial charge in [-0.05, 0) is 38.1 Å². The summed E-state index contributed by atoms with van der Waals surface area (Å²) in [6.07, 6.45) is 1.95. The van der Waals surface area contributed by atoms with Crippen LogP contribution < -0.4 is 15.5 Å². The van der Waals surface area contributed by atoms with Gasteiger partial charge in [-0.3, -0.25) is 0 Å². The van der Waals surface area contributed by atoms with Crippen LogP contribution in [0.15, 0.2) is 47.6 Å². The summed E-state index contributed by atoms with van der Waals surface area (Å²) < 4.78 is 0. The molecule has 0 saturated carbocycles. The van der Waals surface area contributed by atoms with Crippen molar-refractivity contribution in [2.24, 2.45) is 4.99 Å². The molecule has 0 bridgehead atoms. The maximum Gasteiger partial charge on any atom is 0.191 e. The van der Waals surface area contributed by atoms with E-state index in [-0.39, 0.29) is 0 Å². The van der Waals surface area contributed by atoms with E-state index in [0.29, 0.717) is 6.54 Å². The van der Waals surface area contributed by atoms with Gasteiger partial charge in [0.15, 0.2) is 5.96 Å². The Hall–Kier alpha value is -2.60. The van der Waals surface area contributed by atoms with Crippen LogP contribution in [0.1, 0.15) is 23.6 Å². The summed E-state index contributed by atoms with van der Waals surface area (Å²) in [5, 5.41) is 6.72. The Labute approximate surface area is 168 Å². The van der Waals surface area contributed by atoms with Crippen molar-refractivity contribution < 1.29 is 0 Å². The van der Waals surface area contributed by atoms with Gasteiger partial charge in [0, 0.05) is 45.5 Å². The van der Waals surface area contributed by atoms with Crippen molar-refractivity contribution in [1.82, 2.24) is 20.5 Å². The van der Waals surface area contributed by atoms with E-state index in [2.05, 4.69) is 82.7 Å². The molecule has 1 aliphatic rings. The molecule has 6 nitrogen and oxygen atoms in total. The molecule has 150 valence electrons. The number of likely N-dealkylation sites (N-methyl/N-ethyl adjacent to an activating group) is 1. The molecule has 0 amide bonds. The van der Waals surface area contributed by atoms with Crippen molar-refractivity contribution >= 4 is 11.8 Å². The lowest BCUT2D eigenvalue weighted by Crippen LogP contribution is -2.44. The predicted molar refractivity (Wildman–Crippen MR) is 117 cm³/mol. The molecule has 0 radical (unpaired) electrons. The smallest absolute Gasteiger partial charge is 0.191 e. The lowest BCUT2D eigenvalue weighted by atomic mass is 10.1. The Bertz CT molecular complexity index is 763. The quantitative estimate of drug-likeness (QED) is 0.595. The Morgan fingerprint density at radius 2 is 1.89 bits per heavy atom. The molecule has 0 spiro atoms. The fraction of sp³-hybridized carbons (Fsp3) is 0.455. The van der Waals surface area contributed by atoms with Gasteiger partial charge in [0.05, 0.1) is 6.54 Å². The molecule has 28 heavy (non-hydrogen) atoms. The first-order valence-electron chi connectivity index (χ1n) is 10.1. The minimum atomic E-state index is 0.610. The molecule has 1 fully saturated rings. The normalized spacial score (nSPS) is 15.5. The number of piperazine rings is 1. The van der Waals surface area contributed by atoms with E-state index in [9.17, 15) is 0 Å². The van der Waals surface area contributed by atoms with E-state index in [1.807, 2.05) is 6.20 Å². The highest BCUT2D eigenvalue weighted by atomic mass is 15.3. The molecule has 1 aromatic carbocycles. The maximum atomic E-state index is 4.71. The zero-order valence-corrected chi connectivity index (χ0v) is 17.3. The van der Waals surface area contributed by atoms with Crippen LogP contribution in [-0.4, -0.2) is 55.6 Å². The highest BCUT2D eigenvalue weighted by molar-refractivity contribution is 5.79. The molecular formula is C22H32N6. The van der Waals surface area contributed by atoms with Crippen LogP contribution in [0.25, 0.3) is 0 Å². The van der Waals surface area contributed by atoms with E-state index in [0.717, 1.165) is 56.6 Å². The third-order valence-corrected chi connectivity index (χ3v) is 4.94. The summed E-state index contributed by atoms with van der Waals surface area (Å²) >= 11 is 0. The molecule has 2 N–H and O–H groups in total. The number of hydrogen-bond donors (Lipinski definition) is 2. The van der Waals surface area contributed by atoms with E-state index < -0.39 is 0 Å². The topological polar surface area (TPSA) is 55.8 Å². The summed E-state index contributed by atoms with van der Waals surface area (Å²) in [5.41, 5.74) is 3.64. The summed E-state index contributed by atoms with van der Waals surface area (Å²) in [6.45, 7) is 10.6. The Morgan fingerprint density at radius 3 is 2.57 bits per heavy atom. The number of hydrogen-bond acceptors (Lipinski definition) is 4. The van der Waals surface area contributed by atoms with Crippen molar-refractivity contribution in [3.63, 3.8) is 0 Å². The molecule has 0 aliphatic carbocycles. The number of benzene rings is 1. The first-order chi connectivity index (χ1) is 13.6.